The molecule has 1 heterocycles. The number of fused-ring (bicyclic) bond motifs is 1. The van der Waals surface area contributed by atoms with E-state index in [1.807, 2.05) is 18.2 Å². The van der Waals surface area contributed by atoms with Gasteiger partial charge in [-0.2, -0.15) is 0 Å². The molecule has 0 spiro atoms. The van der Waals surface area contributed by atoms with Crippen molar-refractivity contribution in [2.45, 2.75) is 32.8 Å². The van der Waals surface area contributed by atoms with Gasteiger partial charge in [0.1, 0.15) is 11.3 Å². The molecule has 4 rings (SSSR count). The van der Waals surface area contributed by atoms with E-state index in [1.54, 1.807) is 56.3 Å². The van der Waals surface area contributed by atoms with Crippen LogP contribution in [0.5, 0.6) is 5.75 Å². The number of rotatable bonds is 6. The standard InChI is InChI=1S/C25H22Cl2N2O3/c1-4-15-5-12-22-21(13-15)28-23(31-22)16-6-11-19(27)20(14-16)29-24(30)25(2,3)32-18-9-7-17(26)8-10-18/h5-14H,4H2,1-3H3,(H,29,30). The molecular formula is C25H22Cl2N2O3. The Hall–Kier alpha value is -3.02. The van der Waals surface area contributed by atoms with Crippen molar-refractivity contribution in [1.29, 1.82) is 0 Å². The van der Waals surface area contributed by atoms with Gasteiger partial charge in [0.05, 0.1) is 10.7 Å². The van der Waals surface area contributed by atoms with Gasteiger partial charge in [0.2, 0.25) is 5.89 Å². The van der Waals surface area contributed by atoms with Gasteiger partial charge < -0.3 is 14.5 Å². The molecule has 0 saturated heterocycles. The van der Waals surface area contributed by atoms with Crippen molar-refractivity contribution >= 4 is 45.9 Å². The highest BCUT2D eigenvalue weighted by Crippen LogP contribution is 2.32. The summed E-state index contributed by atoms with van der Waals surface area (Å²) in [7, 11) is 0. The molecule has 0 aliphatic rings. The first-order valence-corrected chi connectivity index (χ1v) is 11.0. The fourth-order valence-electron chi connectivity index (χ4n) is 3.19. The average molecular weight is 469 g/mol. The van der Waals surface area contributed by atoms with E-state index in [0.29, 0.717) is 38.5 Å². The second-order valence-corrected chi connectivity index (χ2v) is 8.73. The Morgan fingerprint density at radius 3 is 2.53 bits per heavy atom. The molecule has 32 heavy (non-hydrogen) atoms. The topological polar surface area (TPSA) is 64.4 Å². The van der Waals surface area contributed by atoms with Crippen LogP contribution in [0.15, 0.2) is 65.1 Å². The number of nitrogens with one attached hydrogen (secondary N) is 1. The number of benzene rings is 3. The Balaban J connectivity index is 1.57. The molecule has 0 bridgehead atoms. The zero-order chi connectivity index (χ0) is 22.9. The van der Waals surface area contributed by atoms with Crippen LogP contribution in [0, 0.1) is 0 Å². The molecule has 0 atom stereocenters. The Bertz CT molecular complexity index is 1280. The molecule has 0 unspecified atom stereocenters. The Morgan fingerprint density at radius 2 is 1.81 bits per heavy atom. The molecule has 5 nitrogen and oxygen atoms in total. The number of hydrogen-bond donors (Lipinski definition) is 1. The van der Waals surface area contributed by atoms with Crippen molar-refractivity contribution in [3.05, 3.63) is 76.3 Å². The zero-order valence-corrected chi connectivity index (χ0v) is 19.4. The van der Waals surface area contributed by atoms with Gasteiger partial charge in [0.25, 0.3) is 5.91 Å². The highest BCUT2D eigenvalue weighted by Gasteiger charge is 2.30. The predicted molar refractivity (Wildman–Crippen MR) is 129 cm³/mol. The molecule has 0 aliphatic carbocycles. The summed E-state index contributed by atoms with van der Waals surface area (Å²) in [4.78, 5) is 17.6. The summed E-state index contributed by atoms with van der Waals surface area (Å²) in [6.07, 6.45) is 0.920. The lowest BCUT2D eigenvalue weighted by Crippen LogP contribution is -2.42. The van der Waals surface area contributed by atoms with E-state index < -0.39 is 5.60 Å². The third kappa shape index (κ3) is 4.74. The molecule has 4 aromatic rings. The predicted octanol–water partition coefficient (Wildman–Crippen LogP) is 7.16. The van der Waals surface area contributed by atoms with Crippen molar-refractivity contribution in [3.63, 3.8) is 0 Å². The molecule has 1 aromatic heterocycles. The molecule has 3 aromatic carbocycles. The lowest BCUT2D eigenvalue weighted by molar-refractivity contribution is -0.128. The quantitative estimate of drug-likeness (QED) is 0.325. The molecule has 7 heteroatoms. The minimum Gasteiger partial charge on any atom is -0.478 e. The summed E-state index contributed by atoms with van der Waals surface area (Å²) in [5.74, 6) is 0.640. The minimum absolute atomic E-state index is 0.350. The van der Waals surface area contributed by atoms with Gasteiger partial charge >= 0.3 is 0 Å². The monoisotopic (exact) mass is 468 g/mol. The van der Waals surface area contributed by atoms with Gasteiger partial charge in [-0.3, -0.25) is 4.79 Å². The first-order valence-electron chi connectivity index (χ1n) is 10.2. The third-order valence-corrected chi connectivity index (χ3v) is 5.64. The number of ether oxygens (including phenoxy) is 1. The molecular weight excluding hydrogens is 447 g/mol. The number of halogens is 2. The van der Waals surface area contributed by atoms with Gasteiger partial charge in [0, 0.05) is 10.6 Å². The van der Waals surface area contributed by atoms with Crippen LogP contribution < -0.4 is 10.1 Å². The average Bonchev–Trinajstić information content (AvgIpc) is 3.20. The van der Waals surface area contributed by atoms with Crippen LogP contribution in [0.25, 0.3) is 22.6 Å². The fourth-order valence-corrected chi connectivity index (χ4v) is 3.48. The Morgan fingerprint density at radius 1 is 1.06 bits per heavy atom. The van der Waals surface area contributed by atoms with Crippen molar-refractivity contribution in [2.24, 2.45) is 0 Å². The van der Waals surface area contributed by atoms with Gasteiger partial charge in [-0.1, -0.05) is 36.2 Å². The maximum Gasteiger partial charge on any atom is 0.268 e. The maximum absolute atomic E-state index is 13.0. The number of carbonyl (C=O) groups excluding carboxylic acids is 1. The van der Waals surface area contributed by atoms with Gasteiger partial charge in [-0.15, -0.1) is 0 Å². The zero-order valence-electron chi connectivity index (χ0n) is 17.9. The summed E-state index contributed by atoms with van der Waals surface area (Å²) in [6.45, 7) is 5.45. The van der Waals surface area contributed by atoms with Crippen molar-refractivity contribution < 1.29 is 13.9 Å². The van der Waals surface area contributed by atoms with Crippen molar-refractivity contribution in [3.8, 4) is 17.2 Å². The summed E-state index contributed by atoms with van der Waals surface area (Å²) in [5.41, 5.74) is 2.67. The lowest BCUT2D eigenvalue weighted by Gasteiger charge is -2.25. The minimum atomic E-state index is -1.15. The summed E-state index contributed by atoms with van der Waals surface area (Å²) in [5, 5.41) is 3.84. The molecule has 1 amide bonds. The van der Waals surface area contributed by atoms with E-state index in [9.17, 15) is 4.79 Å². The maximum atomic E-state index is 13.0. The van der Waals surface area contributed by atoms with Crippen LogP contribution in [0.2, 0.25) is 10.0 Å². The van der Waals surface area contributed by atoms with Gasteiger partial charge in [0.15, 0.2) is 11.2 Å². The number of aromatic nitrogens is 1. The Labute approximate surface area is 196 Å². The summed E-state index contributed by atoms with van der Waals surface area (Å²) >= 11 is 12.3. The Kier molecular flexibility index (Phi) is 6.13. The first-order chi connectivity index (χ1) is 15.2. The molecule has 0 fully saturated rings. The lowest BCUT2D eigenvalue weighted by atomic mass is 10.1. The van der Waals surface area contributed by atoms with Crippen LogP contribution in [-0.2, 0) is 11.2 Å². The van der Waals surface area contributed by atoms with E-state index in [-0.39, 0.29) is 5.91 Å². The van der Waals surface area contributed by atoms with Crippen LogP contribution in [0.3, 0.4) is 0 Å². The summed E-state index contributed by atoms with van der Waals surface area (Å²) in [6, 6.07) is 18.0. The van der Waals surface area contributed by atoms with E-state index in [4.69, 9.17) is 32.4 Å². The summed E-state index contributed by atoms with van der Waals surface area (Å²) < 4.78 is 11.8. The van der Waals surface area contributed by atoms with Crippen molar-refractivity contribution in [2.75, 3.05) is 5.32 Å². The van der Waals surface area contributed by atoms with Crippen LogP contribution in [0.4, 0.5) is 5.69 Å². The van der Waals surface area contributed by atoms with E-state index in [0.717, 1.165) is 11.9 Å². The first kappa shape index (κ1) is 22.2. The number of aryl methyl sites for hydroxylation is 1. The largest absolute Gasteiger partial charge is 0.478 e. The number of nitrogens with zero attached hydrogens (tertiary/aromatic N) is 1. The van der Waals surface area contributed by atoms with Crippen molar-refractivity contribution in [1.82, 2.24) is 4.98 Å². The smallest absolute Gasteiger partial charge is 0.268 e. The third-order valence-electron chi connectivity index (χ3n) is 5.06. The van der Waals surface area contributed by atoms with Crippen LogP contribution >= 0.6 is 23.2 Å². The molecule has 1 N–H and O–H groups in total. The van der Waals surface area contributed by atoms with Crippen LogP contribution in [-0.4, -0.2) is 16.5 Å². The normalized spacial score (nSPS) is 11.5. The number of amides is 1. The number of anilines is 1. The number of carbonyl (C=O) groups is 1. The SMILES string of the molecule is CCc1ccc2oc(-c3ccc(Cl)c(NC(=O)C(C)(C)Oc4ccc(Cl)cc4)c3)nc2c1. The van der Waals surface area contributed by atoms with Gasteiger partial charge in [-0.25, -0.2) is 4.98 Å². The molecule has 164 valence electrons. The van der Waals surface area contributed by atoms with E-state index in [2.05, 4.69) is 17.2 Å². The second-order valence-electron chi connectivity index (χ2n) is 7.89. The number of oxazole rings is 1. The van der Waals surface area contributed by atoms with E-state index >= 15 is 0 Å². The molecule has 0 saturated carbocycles. The second kappa shape index (κ2) is 8.85. The highest BCUT2D eigenvalue weighted by molar-refractivity contribution is 6.34. The number of hydrogen-bond acceptors (Lipinski definition) is 4. The molecule has 0 radical (unpaired) electrons. The fraction of sp³-hybridized carbons (Fsp3) is 0.200. The van der Waals surface area contributed by atoms with Crippen LogP contribution in [0.1, 0.15) is 26.3 Å². The highest BCUT2D eigenvalue weighted by atomic mass is 35.5. The van der Waals surface area contributed by atoms with E-state index in [1.165, 1.54) is 5.56 Å². The molecule has 0 aliphatic heterocycles. The van der Waals surface area contributed by atoms with Gasteiger partial charge in [-0.05, 0) is 80.4 Å².